The van der Waals surface area contributed by atoms with Gasteiger partial charge in [0.2, 0.25) is 5.82 Å². The van der Waals surface area contributed by atoms with Gasteiger partial charge in [0.05, 0.1) is 0 Å². The molecule has 0 unspecified atom stereocenters. The molecule has 2 aromatic rings. The Balaban J connectivity index is 2.36. The molecule has 0 atom stereocenters. The van der Waals surface area contributed by atoms with Crippen LogP contribution in [0, 0.1) is 11.6 Å². The molecule has 2 nitrogen and oxygen atoms in total. The van der Waals surface area contributed by atoms with Gasteiger partial charge in [-0.2, -0.15) is 4.39 Å². The molecule has 0 saturated heterocycles. The standard InChI is InChI=1S/C14H12ClF2NO/c1-18-8-9-5-6-10(15)7-13(9)19-12-4-2-3-11(16)14(12)17/h2-7,18H,8H2,1H3. The SMILES string of the molecule is CNCc1ccc(Cl)cc1Oc1cccc(F)c1F. The van der Waals surface area contributed by atoms with Crippen molar-refractivity contribution in [1.82, 2.24) is 5.32 Å². The highest BCUT2D eigenvalue weighted by atomic mass is 35.5. The number of hydrogen-bond donors (Lipinski definition) is 1. The minimum Gasteiger partial charge on any atom is -0.454 e. The number of halogens is 3. The van der Waals surface area contributed by atoms with Gasteiger partial charge in [-0.1, -0.05) is 23.7 Å². The molecule has 0 fully saturated rings. The van der Waals surface area contributed by atoms with Gasteiger partial charge < -0.3 is 10.1 Å². The Kier molecular flexibility index (Phi) is 4.35. The lowest BCUT2D eigenvalue weighted by Crippen LogP contribution is -2.06. The fourth-order valence-corrected chi connectivity index (χ4v) is 1.80. The van der Waals surface area contributed by atoms with Crippen molar-refractivity contribution in [2.24, 2.45) is 0 Å². The first-order valence-corrected chi connectivity index (χ1v) is 6.04. The van der Waals surface area contributed by atoms with E-state index in [4.69, 9.17) is 16.3 Å². The van der Waals surface area contributed by atoms with Crippen molar-refractivity contribution in [1.29, 1.82) is 0 Å². The second-order valence-corrected chi connectivity index (χ2v) is 4.37. The first kappa shape index (κ1) is 13.8. The fourth-order valence-electron chi connectivity index (χ4n) is 1.64. The molecule has 0 spiro atoms. The summed E-state index contributed by atoms with van der Waals surface area (Å²) in [6.07, 6.45) is 0. The molecule has 5 heteroatoms. The summed E-state index contributed by atoms with van der Waals surface area (Å²) >= 11 is 5.89. The third-order valence-corrected chi connectivity index (χ3v) is 2.77. The summed E-state index contributed by atoms with van der Waals surface area (Å²) in [5, 5.41) is 3.43. The molecule has 0 aliphatic rings. The lowest BCUT2D eigenvalue weighted by atomic mass is 10.2. The molecule has 0 aromatic heterocycles. The van der Waals surface area contributed by atoms with E-state index in [2.05, 4.69) is 5.32 Å². The number of nitrogens with one attached hydrogen (secondary N) is 1. The smallest absolute Gasteiger partial charge is 0.201 e. The number of benzene rings is 2. The summed E-state index contributed by atoms with van der Waals surface area (Å²) in [5.41, 5.74) is 0.801. The third kappa shape index (κ3) is 3.22. The van der Waals surface area contributed by atoms with Crippen LogP contribution in [0.2, 0.25) is 5.02 Å². The van der Waals surface area contributed by atoms with Crippen LogP contribution in [0.4, 0.5) is 8.78 Å². The summed E-state index contributed by atoms with van der Waals surface area (Å²) in [6.45, 7) is 0.531. The van der Waals surface area contributed by atoms with Crippen LogP contribution in [0.3, 0.4) is 0 Å². The van der Waals surface area contributed by atoms with E-state index < -0.39 is 11.6 Å². The normalized spacial score (nSPS) is 10.5. The predicted octanol–water partition coefficient (Wildman–Crippen LogP) is 4.13. The predicted molar refractivity (Wildman–Crippen MR) is 70.6 cm³/mol. The van der Waals surface area contributed by atoms with Crippen molar-refractivity contribution >= 4 is 11.6 Å². The second-order valence-electron chi connectivity index (χ2n) is 3.94. The highest BCUT2D eigenvalue weighted by molar-refractivity contribution is 6.30. The van der Waals surface area contributed by atoms with E-state index in [1.165, 1.54) is 12.1 Å². The van der Waals surface area contributed by atoms with Gasteiger partial charge in [0, 0.05) is 17.1 Å². The Hall–Kier alpha value is -1.65. The fraction of sp³-hybridized carbons (Fsp3) is 0.143. The quantitative estimate of drug-likeness (QED) is 0.911. The van der Waals surface area contributed by atoms with Gasteiger partial charge in [-0.05, 0) is 31.3 Å². The Morgan fingerprint density at radius 1 is 1.16 bits per heavy atom. The minimum atomic E-state index is -1.02. The van der Waals surface area contributed by atoms with Crippen LogP contribution in [0.25, 0.3) is 0 Å². The van der Waals surface area contributed by atoms with E-state index in [0.717, 1.165) is 11.6 Å². The highest BCUT2D eigenvalue weighted by Crippen LogP contribution is 2.30. The summed E-state index contributed by atoms with van der Waals surface area (Å²) in [7, 11) is 1.78. The molecule has 19 heavy (non-hydrogen) atoms. The van der Waals surface area contributed by atoms with E-state index in [-0.39, 0.29) is 5.75 Å². The number of hydrogen-bond acceptors (Lipinski definition) is 2. The van der Waals surface area contributed by atoms with E-state index in [9.17, 15) is 8.78 Å². The molecular formula is C14H12ClF2NO. The van der Waals surface area contributed by atoms with Crippen LogP contribution in [0.5, 0.6) is 11.5 Å². The molecule has 0 aliphatic heterocycles. The molecule has 2 aromatic carbocycles. The zero-order chi connectivity index (χ0) is 13.8. The average molecular weight is 284 g/mol. The average Bonchev–Trinajstić information content (AvgIpc) is 2.38. The molecule has 100 valence electrons. The molecule has 0 aliphatic carbocycles. The van der Waals surface area contributed by atoms with Crippen LogP contribution in [0.15, 0.2) is 36.4 Å². The van der Waals surface area contributed by atoms with Crippen molar-refractivity contribution in [3.05, 3.63) is 58.6 Å². The lowest BCUT2D eigenvalue weighted by Gasteiger charge is -2.12. The van der Waals surface area contributed by atoms with E-state index >= 15 is 0 Å². The van der Waals surface area contributed by atoms with Crippen LogP contribution < -0.4 is 10.1 Å². The van der Waals surface area contributed by atoms with Gasteiger partial charge in [0.1, 0.15) is 5.75 Å². The first-order valence-electron chi connectivity index (χ1n) is 5.66. The van der Waals surface area contributed by atoms with Crippen LogP contribution in [-0.2, 0) is 6.54 Å². The van der Waals surface area contributed by atoms with Crippen molar-refractivity contribution in [2.75, 3.05) is 7.05 Å². The molecule has 1 N–H and O–H groups in total. The summed E-state index contributed by atoms with van der Waals surface area (Å²) in [5.74, 6) is -1.74. The Morgan fingerprint density at radius 3 is 2.68 bits per heavy atom. The summed E-state index contributed by atoms with van der Waals surface area (Å²) in [6, 6.07) is 8.83. The zero-order valence-corrected chi connectivity index (χ0v) is 11.0. The van der Waals surface area contributed by atoms with E-state index in [0.29, 0.717) is 17.3 Å². The third-order valence-electron chi connectivity index (χ3n) is 2.53. The second kappa shape index (κ2) is 5.99. The van der Waals surface area contributed by atoms with Crippen molar-refractivity contribution < 1.29 is 13.5 Å². The number of rotatable bonds is 4. The zero-order valence-electron chi connectivity index (χ0n) is 10.2. The Labute approximate surface area is 115 Å². The largest absolute Gasteiger partial charge is 0.454 e. The van der Waals surface area contributed by atoms with Crippen LogP contribution >= 0.6 is 11.6 Å². The number of ether oxygens (including phenoxy) is 1. The van der Waals surface area contributed by atoms with Crippen molar-refractivity contribution in [3.8, 4) is 11.5 Å². The summed E-state index contributed by atoms with van der Waals surface area (Å²) < 4.78 is 32.1. The monoisotopic (exact) mass is 283 g/mol. The molecule has 0 amide bonds. The first-order chi connectivity index (χ1) is 9.11. The maximum Gasteiger partial charge on any atom is 0.201 e. The lowest BCUT2D eigenvalue weighted by molar-refractivity contribution is 0.412. The maximum atomic E-state index is 13.6. The summed E-state index contributed by atoms with van der Waals surface area (Å²) in [4.78, 5) is 0. The molecule has 0 saturated carbocycles. The molecule has 0 radical (unpaired) electrons. The maximum absolute atomic E-state index is 13.6. The van der Waals surface area contributed by atoms with E-state index in [1.54, 1.807) is 25.2 Å². The van der Waals surface area contributed by atoms with Gasteiger partial charge in [0.15, 0.2) is 11.6 Å². The van der Waals surface area contributed by atoms with Gasteiger partial charge in [-0.25, -0.2) is 4.39 Å². The highest BCUT2D eigenvalue weighted by Gasteiger charge is 2.12. The Bertz CT molecular complexity index is 590. The van der Waals surface area contributed by atoms with Crippen LogP contribution in [-0.4, -0.2) is 7.05 Å². The van der Waals surface area contributed by atoms with Crippen molar-refractivity contribution in [2.45, 2.75) is 6.54 Å². The molecule has 2 rings (SSSR count). The molecule has 0 heterocycles. The van der Waals surface area contributed by atoms with Gasteiger partial charge in [-0.3, -0.25) is 0 Å². The van der Waals surface area contributed by atoms with Gasteiger partial charge >= 0.3 is 0 Å². The van der Waals surface area contributed by atoms with Gasteiger partial charge in [-0.15, -0.1) is 0 Å². The minimum absolute atomic E-state index is 0.167. The van der Waals surface area contributed by atoms with Crippen LogP contribution in [0.1, 0.15) is 5.56 Å². The van der Waals surface area contributed by atoms with E-state index in [1.807, 2.05) is 0 Å². The van der Waals surface area contributed by atoms with Gasteiger partial charge in [0.25, 0.3) is 0 Å². The topological polar surface area (TPSA) is 21.3 Å². The van der Waals surface area contributed by atoms with Crippen molar-refractivity contribution in [3.63, 3.8) is 0 Å². The molecule has 0 bridgehead atoms. The Morgan fingerprint density at radius 2 is 1.95 bits per heavy atom. The molecular weight excluding hydrogens is 272 g/mol.